The van der Waals surface area contributed by atoms with Crippen LogP contribution in [-0.2, 0) is 78.0 Å². The molecule has 33 heteroatoms. The van der Waals surface area contributed by atoms with Gasteiger partial charge in [0, 0.05) is 39.4 Å². The average molecular weight is 1730 g/mol. The zero-order valence-electron chi connectivity index (χ0n) is 74.3. The van der Waals surface area contributed by atoms with Gasteiger partial charge in [0.25, 0.3) is 0 Å². The first-order valence-corrected chi connectivity index (χ1v) is 43.7. The van der Waals surface area contributed by atoms with Crippen LogP contribution in [0, 0.1) is 23.7 Å². The number of nitrogens with zero attached hydrogens (tertiary/aromatic N) is 8. The number of hydrogen-bond acceptors (Lipinski definition) is 20. The number of H-pyrrole nitrogens is 4. The number of carbonyl (C=O) groups is 9. The lowest BCUT2D eigenvalue weighted by Crippen LogP contribution is -2.54. The van der Waals surface area contributed by atoms with Crippen LogP contribution in [0.4, 0.5) is 24.0 Å². The summed E-state index contributed by atoms with van der Waals surface area (Å²) in [6.07, 6.45) is 16.2. The van der Waals surface area contributed by atoms with Gasteiger partial charge in [0.05, 0.1) is 112 Å². The number of piperidine rings is 2. The number of alkyl carbamates (subject to hydrolysis) is 4. The summed E-state index contributed by atoms with van der Waals surface area (Å²) in [7, 11) is 7.92. The molecule has 8 aromatic rings. The van der Waals surface area contributed by atoms with Gasteiger partial charge in [0.2, 0.25) is 17.7 Å². The molecule has 9 N–H and O–H groups in total. The number of ether oxygens (including phenoxy) is 7. The summed E-state index contributed by atoms with van der Waals surface area (Å²) in [5, 5.41) is 19.0. The Labute approximate surface area is 733 Å². The first-order valence-electron chi connectivity index (χ1n) is 43.7. The van der Waals surface area contributed by atoms with Gasteiger partial charge in [0.15, 0.2) is 6.04 Å². The Kier molecular flexibility index (Phi) is 27.4. The third-order valence-electron chi connectivity index (χ3n) is 26.2. The minimum atomic E-state index is -1.17. The molecular formula is C93H118N16O17. The molecule has 4 aliphatic heterocycles. The number of aliphatic carboxylic acids is 1. The highest BCUT2D eigenvalue weighted by atomic mass is 16.6. The van der Waals surface area contributed by atoms with Crippen molar-refractivity contribution in [3.05, 3.63) is 143 Å². The summed E-state index contributed by atoms with van der Waals surface area (Å²) in [5.74, 6) is 1.97. The number of nitrogens with one attached hydrogen (secondary N) is 8. The van der Waals surface area contributed by atoms with E-state index in [1.165, 1.54) is 87.0 Å². The molecule has 16 rings (SSSR count). The highest BCUT2D eigenvalue weighted by Gasteiger charge is 2.54. The summed E-state index contributed by atoms with van der Waals surface area (Å²) in [5.41, 5.74) is 17.3. The Bertz CT molecular complexity index is 5340. The molecule has 4 saturated heterocycles. The number of carbonyl (C=O) groups excluding carboxylic acids is 8. The third kappa shape index (κ3) is 19.0. The molecule has 4 bridgehead atoms. The quantitative estimate of drug-likeness (QED) is 0.0285. The molecule has 6 fully saturated rings. The fraction of sp³-hybridized carbons (Fsp3) is 0.516. The standard InChI is InChI=1S/C44H54N8O7.C42H51N7O5.C7H13NO5/c1-23(2)36(49-43(55)58-5)42(54)52-30-14-11-29(20-30)38(52)40-46-22-34(48-40)28-13-16-32-26(19-28)10-9-25-18-27(12-15-31(25)32)33-21-45-39(47-33)35-8-7-17-51(35)41(53)37(24(3)57-4)50-44(56)59-6;1-23(2)35(47-40(51)53-6)39(50)49-29-14-11-28(20-29)36(49)38-44-22-33(46-38)27-13-16-31-25(19-27)10-9-24-18-26(12-15-30(24)31)32-21-43-37(45-32)34-8-7-17-48(34)41(52)54-42(3,4)5;1-4(12-2)5(6(9)10)8-7(11)13-3/h12-13,15-16,18-19,21-24,29-30,35-38H,7-11,14,17,20H2,1-6H3,(H,45,47)(H,46,48)(H,49,55)(H,50,56);12-13,15-16,18-19,21-23,28-29,34-36H,7-11,14,17,20H2,1-6H3,(H,43,45)(H,44,46)(H,47,51);4-5H,1-3H3,(H,8,11)(H,9,10)/t24-,29+,30-,35+,36+,37?,38+;28-,29+,34-,35-,36-;4-,5?/m101/s1. The molecule has 4 aliphatic carbocycles. The number of aryl methyl sites for hydroxylation is 4. The van der Waals surface area contributed by atoms with Crippen molar-refractivity contribution in [2.75, 3.05) is 55.7 Å². The number of imidazole rings is 4. The Morgan fingerprint density at radius 3 is 1.09 bits per heavy atom. The zero-order chi connectivity index (χ0) is 89.9. The highest BCUT2D eigenvalue weighted by Crippen LogP contribution is 2.53. The van der Waals surface area contributed by atoms with Gasteiger partial charge < -0.3 is 94.2 Å². The van der Waals surface area contributed by atoms with E-state index in [-0.39, 0.29) is 71.9 Å². The molecule has 0 radical (unpaired) electrons. The van der Waals surface area contributed by atoms with Gasteiger partial charge in [-0.15, -0.1) is 0 Å². The predicted molar refractivity (Wildman–Crippen MR) is 467 cm³/mol. The molecule has 8 heterocycles. The monoisotopic (exact) mass is 1730 g/mol. The fourth-order valence-corrected chi connectivity index (χ4v) is 19.6. The molecule has 672 valence electrons. The van der Waals surface area contributed by atoms with Crippen LogP contribution < -0.4 is 21.3 Å². The van der Waals surface area contributed by atoms with E-state index in [2.05, 4.69) is 119 Å². The van der Waals surface area contributed by atoms with E-state index in [4.69, 9.17) is 53.5 Å². The number of benzene rings is 4. The van der Waals surface area contributed by atoms with Crippen molar-refractivity contribution in [1.29, 1.82) is 0 Å². The van der Waals surface area contributed by atoms with E-state index in [0.29, 0.717) is 30.7 Å². The molecule has 126 heavy (non-hydrogen) atoms. The summed E-state index contributed by atoms with van der Waals surface area (Å²) in [6.45, 7) is 17.9. The number of likely N-dealkylation sites (tertiary alicyclic amines) is 4. The summed E-state index contributed by atoms with van der Waals surface area (Å²) >= 11 is 0. The first-order chi connectivity index (χ1) is 60.4. The van der Waals surface area contributed by atoms with E-state index in [1.54, 1.807) is 16.7 Å². The zero-order valence-corrected chi connectivity index (χ0v) is 74.3. The number of amides is 8. The molecule has 4 aromatic carbocycles. The molecular weight excluding hydrogens is 1610 g/mol. The summed E-state index contributed by atoms with van der Waals surface area (Å²) < 4.78 is 34.6. The lowest BCUT2D eigenvalue weighted by atomic mass is 9.83. The largest absolute Gasteiger partial charge is 0.480 e. The third-order valence-corrected chi connectivity index (χ3v) is 26.2. The molecule has 8 aliphatic rings. The molecule has 33 nitrogen and oxygen atoms in total. The van der Waals surface area contributed by atoms with E-state index in [0.717, 1.165) is 160 Å². The van der Waals surface area contributed by atoms with Crippen molar-refractivity contribution < 1.29 is 81.4 Å². The Hall–Kier alpha value is -12.1. The number of aromatic amines is 4. The molecule has 0 spiro atoms. The summed E-state index contributed by atoms with van der Waals surface area (Å²) in [4.78, 5) is 153. The Morgan fingerprint density at radius 1 is 0.421 bits per heavy atom. The van der Waals surface area contributed by atoms with Crippen LogP contribution in [0.25, 0.3) is 67.3 Å². The topological polar surface area (TPSA) is 414 Å². The van der Waals surface area contributed by atoms with Gasteiger partial charge in [-0.1, -0.05) is 76.2 Å². The normalized spacial score (nSPS) is 21.4. The number of methoxy groups -OCH3 is 6. The molecule has 8 amide bonds. The van der Waals surface area contributed by atoms with Crippen LogP contribution in [0.5, 0.6) is 0 Å². The second-order valence-electron chi connectivity index (χ2n) is 35.7. The maximum absolute atomic E-state index is 14.0. The van der Waals surface area contributed by atoms with Gasteiger partial charge in [-0.2, -0.15) is 0 Å². The second-order valence-corrected chi connectivity index (χ2v) is 35.7. The van der Waals surface area contributed by atoms with Gasteiger partial charge in [-0.3, -0.25) is 19.3 Å². The van der Waals surface area contributed by atoms with Gasteiger partial charge >= 0.3 is 36.4 Å². The van der Waals surface area contributed by atoms with Crippen molar-refractivity contribution in [3.63, 3.8) is 0 Å². The van der Waals surface area contributed by atoms with Crippen LogP contribution in [0.3, 0.4) is 0 Å². The summed E-state index contributed by atoms with van der Waals surface area (Å²) in [6, 6.07) is 22.5. The van der Waals surface area contributed by atoms with E-state index < -0.39 is 72.3 Å². The fourth-order valence-electron chi connectivity index (χ4n) is 19.6. The van der Waals surface area contributed by atoms with Crippen molar-refractivity contribution in [1.82, 2.24) is 80.7 Å². The van der Waals surface area contributed by atoms with Gasteiger partial charge in [0.1, 0.15) is 47.0 Å². The predicted octanol–water partition coefficient (Wildman–Crippen LogP) is 13.7. The van der Waals surface area contributed by atoms with Crippen LogP contribution in [0.1, 0.15) is 196 Å². The molecule has 4 aromatic heterocycles. The number of rotatable bonds is 22. The minimum absolute atomic E-state index is 0.0761. The molecule has 2 unspecified atom stereocenters. The Morgan fingerprint density at radius 2 is 0.746 bits per heavy atom. The highest BCUT2D eigenvalue weighted by molar-refractivity contribution is 5.90. The lowest BCUT2D eigenvalue weighted by Gasteiger charge is -2.37. The van der Waals surface area contributed by atoms with Crippen LogP contribution in [0.2, 0.25) is 0 Å². The molecule has 2 saturated carbocycles. The Balaban J connectivity index is 0.000000180. The second kappa shape index (κ2) is 38.4. The van der Waals surface area contributed by atoms with E-state index in [1.807, 2.05) is 83.1 Å². The van der Waals surface area contributed by atoms with Gasteiger partial charge in [-0.25, -0.2) is 48.7 Å². The number of carboxylic acids is 1. The van der Waals surface area contributed by atoms with Crippen molar-refractivity contribution in [2.45, 2.75) is 230 Å². The van der Waals surface area contributed by atoms with Crippen LogP contribution >= 0.6 is 0 Å². The van der Waals surface area contributed by atoms with E-state index in [9.17, 15) is 43.2 Å². The number of aromatic nitrogens is 8. The molecule has 14 atom stereocenters. The SMILES string of the molecule is COC(=O)NC(C(=O)N1CCC[C@H]1c1ncc(-c2ccc3c(c2)CCc2cc(-c4cnc([C@@H]5[C@H]6CC[C@H](C6)N5C(=O)[C@@H](NC(=O)OC)C(C)C)[nH]4)ccc2-3)[nH]1)[C@@H](C)OC.COC(=O)NC(C(=O)O)[C@@H](C)OC.COC(=O)N[C@H](C(=O)N1[C@@H]2CC[C@@H](C2)[C@H]1c1ncc(-c2ccc3c(c2)CCc2cc(-c4cnc([C@@H]5CCCN5C(=O)OC(C)(C)C)[nH]4)ccc2-3)[nH]1)C(C)C. The first kappa shape index (κ1) is 90.1. The van der Waals surface area contributed by atoms with Crippen molar-refractivity contribution >= 4 is 54.2 Å². The van der Waals surface area contributed by atoms with Gasteiger partial charge in [-0.05, 0) is 239 Å². The number of fused-ring (bicyclic) bond motifs is 10. The van der Waals surface area contributed by atoms with Crippen molar-refractivity contribution in [3.8, 4) is 67.3 Å². The minimum Gasteiger partial charge on any atom is -0.480 e. The number of hydrogen-bond donors (Lipinski definition) is 9. The van der Waals surface area contributed by atoms with Crippen LogP contribution in [0.15, 0.2) is 97.6 Å². The average Bonchev–Trinajstić information content (AvgIpc) is 1.60. The maximum Gasteiger partial charge on any atom is 0.410 e. The van der Waals surface area contributed by atoms with Crippen LogP contribution in [-0.4, -0.2) is 229 Å². The van der Waals surface area contributed by atoms with Crippen molar-refractivity contribution in [2.24, 2.45) is 23.7 Å². The smallest absolute Gasteiger partial charge is 0.410 e. The number of carboxylic acid groups (broad SMARTS) is 1. The lowest BCUT2D eigenvalue weighted by molar-refractivity contribution is -0.143. The maximum atomic E-state index is 14.0. The van der Waals surface area contributed by atoms with E-state index >= 15 is 0 Å².